The second-order valence-electron chi connectivity index (χ2n) is 7.99. The van der Waals surface area contributed by atoms with Crippen LogP contribution in [0.2, 0.25) is 0 Å². The number of amidine groups is 1. The van der Waals surface area contributed by atoms with Crippen molar-refractivity contribution in [1.82, 2.24) is 14.6 Å². The first-order chi connectivity index (χ1) is 15.2. The topological polar surface area (TPSA) is 83.9 Å². The maximum absolute atomic E-state index is 14.5. The molecule has 0 amide bonds. The number of sulfonamides is 1. The summed E-state index contributed by atoms with van der Waals surface area (Å²) in [5.41, 5.74) is -0.779. The number of oxime groups is 1. The van der Waals surface area contributed by atoms with Crippen LogP contribution in [0.15, 0.2) is 35.6 Å². The standard InChI is InChI=1S/C21H23F3N4O3S/c1-12-8-15(20-16(23)4-3-5-17(20)24)21(25-10-12)18-9-19(26-31-18)28-7-6-14(11-28)27-32(29,30)13(2)22/h3-5,8,10,13-14,18,27H,6-7,9,11H2,1-2H3/t13?,14-,18-/m0/s1. The first kappa shape index (κ1) is 22.5. The number of nitrogens with one attached hydrogen (secondary N) is 1. The minimum absolute atomic E-state index is 0.174. The summed E-state index contributed by atoms with van der Waals surface area (Å²) in [5, 5.41) is 4.11. The lowest BCUT2D eigenvalue weighted by atomic mass is 9.97. The van der Waals surface area contributed by atoms with Gasteiger partial charge in [-0.25, -0.2) is 26.3 Å². The summed E-state index contributed by atoms with van der Waals surface area (Å²) in [6.07, 6.45) is 1.74. The Balaban J connectivity index is 1.51. The molecule has 2 aromatic rings. The molecule has 1 aromatic heterocycles. The number of rotatable bonds is 5. The van der Waals surface area contributed by atoms with Crippen LogP contribution >= 0.6 is 0 Å². The lowest BCUT2D eigenvalue weighted by molar-refractivity contribution is 0.0828. The number of aromatic nitrogens is 1. The fraction of sp³-hybridized carbons (Fsp3) is 0.429. The Bertz CT molecular complexity index is 1140. The van der Waals surface area contributed by atoms with E-state index in [2.05, 4.69) is 14.9 Å². The molecule has 0 saturated carbocycles. The zero-order valence-electron chi connectivity index (χ0n) is 17.6. The summed E-state index contributed by atoms with van der Waals surface area (Å²) in [4.78, 5) is 11.8. The fourth-order valence-electron chi connectivity index (χ4n) is 3.91. The number of hydrogen-bond acceptors (Lipinski definition) is 6. The molecule has 1 aromatic carbocycles. The largest absolute Gasteiger partial charge is 0.384 e. The molecule has 1 fully saturated rings. The molecular weight excluding hydrogens is 445 g/mol. The monoisotopic (exact) mass is 468 g/mol. The molecule has 0 radical (unpaired) electrons. The SMILES string of the molecule is Cc1cnc([C@@H]2CC(N3CC[C@H](NS(=O)(=O)C(C)F)C3)=NO2)c(-c2c(F)cccc2F)c1. The van der Waals surface area contributed by atoms with Gasteiger partial charge in [0.1, 0.15) is 17.5 Å². The number of benzene rings is 1. The number of likely N-dealkylation sites (tertiary alicyclic amines) is 1. The quantitative estimate of drug-likeness (QED) is 0.727. The van der Waals surface area contributed by atoms with Crippen molar-refractivity contribution < 1.29 is 26.4 Å². The molecule has 1 saturated heterocycles. The maximum atomic E-state index is 14.5. The minimum Gasteiger partial charge on any atom is -0.384 e. The third-order valence-corrected chi connectivity index (χ3v) is 7.07. The zero-order valence-corrected chi connectivity index (χ0v) is 18.4. The Labute approximate surface area is 184 Å². The Kier molecular flexibility index (Phi) is 6.13. The Morgan fingerprint density at radius 1 is 1.28 bits per heavy atom. The summed E-state index contributed by atoms with van der Waals surface area (Å²) < 4.78 is 68.1. The summed E-state index contributed by atoms with van der Waals surface area (Å²) in [6.45, 7) is 3.58. The Morgan fingerprint density at radius 3 is 2.69 bits per heavy atom. The van der Waals surface area contributed by atoms with E-state index in [-0.39, 0.29) is 5.56 Å². The third kappa shape index (κ3) is 4.44. The Morgan fingerprint density at radius 2 is 2.00 bits per heavy atom. The lowest BCUT2D eigenvalue weighted by Gasteiger charge is -2.18. The number of nitrogens with zero attached hydrogens (tertiary/aromatic N) is 3. The average molecular weight is 469 g/mol. The predicted molar refractivity (Wildman–Crippen MR) is 113 cm³/mol. The Hall–Kier alpha value is -2.66. The number of hydrogen-bond donors (Lipinski definition) is 1. The van der Waals surface area contributed by atoms with Crippen LogP contribution in [-0.2, 0) is 14.9 Å². The molecule has 11 heteroatoms. The van der Waals surface area contributed by atoms with Crippen molar-refractivity contribution in [3.63, 3.8) is 0 Å². The van der Waals surface area contributed by atoms with E-state index in [0.717, 1.165) is 12.5 Å². The van der Waals surface area contributed by atoms with Crippen LogP contribution in [0.25, 0.3) is 11.1 Å². The van der Waals surface area contributed by atoms with E-state index in [0.29, 0.717) is 43.0 Å². The lowest BCUT2D eigenvalue weighted by Crippen LogP contribution is -2.41. The van der Waals surface area contributed by atoms with Gasteiger partial charge >= 0.3 is 0 Å². The minimum atomic E-state index is -4.03. The van der Waals surface area contributed by atoms with Gasteiger partial charge in [-0.3, -0.25) is 4.98 Å². The van der Waals surface area contributed by atoms with Crippen LogP contribution in [-0.4, -0.2) is 48.8 Å². The molecule has 2 aliphatic rings. The van der Waals surface area contributed by atoms with E-state index in [1.54, 1.807) is 19.2 Å². The van der Waals surface area contributed by atoms with E-state index in [4.69, 9.17) is 4.84 Å². The van der Waals surface area contributed by atoms with Crippen molar-refractivity contribution in [3.8, 4) is 11.1 Å². The first-order valence-electron chi connectivity index (χ1n) is 10.2. The average Bonchev–Trinajstić information content (AvgIpc) is 3.37. The van der Waals surface area contributed by atoms with Gasteiger partial charge in [-0.2, -0.15) is 0 Å². The van der Waals surface area contributed by atoms with Gasteiger partial charge in [0.25, 0.3) is 0 Å². The number of halogens is 3. The van der Waals surface area contributed by atoms with E-state index >= 15 is 0 Å². The zero-order chi connectivity index (χ0) is 23.0. The molecule has 3 atom stereocenters. The maximum Gasteiger partial charge on any atom is 0.243 e. The number of aryl methyl sites for hydroxylation is 1. The molecule has 4 rings (SSSR count). The molecule has 2 aliphatic heterocycles. The van der Waals surface area contributed by atoms with Crippen molar-refractivity contribution in [1.29, 1.82) is 0 Å². The summed E-state index contributed by atoms with van der Waals surface area (Å²) in [5.74, 6) is -0.823. The molecule has 0 aliphatic carbocycles. The smallest absolute Gasteiger partial charge is 0.243 e. The third-order valence-electron chi connectivity index (χ3n) is 5.56. The van der Waals surface area contributed by atoms with E-state index in [9.17, 15) is 21.6 Å². The summed E-state index contributed by atoms with van der Waals surface area (Å²) in [7, 11) is -4.03. The van der Waals surface area contributed by atoms with Gasteiger partial charge in [0.2, 0.25) is 15.5 Å². The predicted octanol–water partition coefficient (Wildman–Crippen LogP) is 3.42. The molecule has 0 spiro atoms. The highest BCUT2D eigenvalue weighted by Gasteiger charge is 2.35. The molecule has 32 heavy (non-hydrogen) atoms. The second-order valence-corrected chi connectivity index (χ2v) is 9.96. The molecule has 0 bridgehead atoms. The normalized spacial score (nSPS) is 22.0. The van der Waals surface area contributed by atoms with E-state index in [1.165, 1.54) is 18.2 Å². The molecule has 1 N–H and O–H groups in total. The van der Waals surface area contributed by atoms with Crippen LogP contribution in [0.4, 0.5) is 13.2 Å². The highest BCUT2D eigenvalue weighted by Crippen LogP contribution is 2.37. The fourth-order valence-corrected chi connectivity index (χ4v) is 4.75. The summed E-state index contributed by atoms with van der Waals surface area (Å²) >= 11 is 0. The number of alkyl halides is 1. The van der Waals surface area contributed by atoms with Crippen molar-refractivity contribution in [2.24, 2.45) is 5.16 Å². The van der Waals surface area contributed by atoms with Crippen molar-refractivity contribution in [3.05, 3.63) is 53.4 Å². The van der Waals surface area contributed by atoms with Crippen molar-refractivity contribution >= 4 is 15.9 Å². The van der Waals surface area contributed by atoms with Gasteiger partial charge in [-0.15, -0.1) is 0 Å². The number of pyridine rings is 1. The molecule has 7 nitrogen and oxygen atoms in total. The molecular formula is C21H23F3N4O3S. The first-order valence-corrected chi connectivity index (χ1v) is 11.7. The van der Waals surface area contributed by atoms with Crippen LogP contribution in [0, 0.1) is 18.6 Å². The van der Waals surface area contributed by atoms with Crippen LogP contribution in [0.3, 0.4) is 0 Å². The van der Waals surface area contributed by atoms with Gasteiger partial charge in [-0.05, 0) is 44.0 Å². The van der Waals surface area contributed by atoms with Gasteiger partial charge in [0.05, 0.1) is 17.7 Å². The molecule has 3 heterocycles. The van der Waals surface area contributed by atoms with Crippen LogP contribution in [0.5, 0.6) is 0 Å². The van der Waals surface area contributed by atoms with E-state index in [1.807, 2.05) is 4.90 Å². The van der Waals surface area contributed by atoms with Crippen LogP contribution < -0.4 is 4.72 Å². The van der Waals surface area contributed by atoms with Crippen LogP contribution in [0.1, 0.15) is 37.1 Å². The molecule has 172 valence electrons. The van der Waals surface area contributed by atoms with Gasteiger partial charge in [-0.1, -0.05) is 11.2 Å². The molecule has 1 unspecified atom stereocenters. The van der Waals surface area contributed by atoms with Gasteiger partial charge < -0.3 is 9.74 Å². The van der Waals surface area contributed by atoms with Gasteiger partial charge in [0.15, 0.2) is 6.10 Å². The highest BCUT2D eigenvalue weighted by atomic mass is 32.2. The van der Waals surface area contributed by atoms with Crippen molar-refractivity contribution in [2.75, 3.05) is 13.1 Å². The highest BCUT2D eigenvalue weighted by molar-refractivity contribution is 7.89. The van der Waals surface area contributed by atoms with Gasteiger partial charge in [0, 0.05) is 30.9 Å². The summed E-state index contributed by atoms with van der Waals surface area (Å²) in [6, 6.07) is 4.88. The van der Waals surface area contributed by atoms with Crippen molar-refractivity contribution in [2.45, 2.75) is 44.3 Å². The van der Waals surface area contributed by atoms with E-state index < -0.39 is 39.3 Å². The second kappa shape index (κ2) is 8.70.